The number of nitrogens with zero attached hydrogens (tertiary/aromatic N) is 2. The molecule has 58 heavy (non-hydrogen) atoms. The number of hydrogen-bond donors (Lipinski definition) is 5. The number of amides is 2. The Morgan fingerprint density at radius 2 is 1.76 bits per heavy atom. The van der Waals surface area contributed by atoms with E-state index in [1.54, 1.807) is 36.4 Å². The summed E-state index contributed by atoms with van der Waals surface area (Å²) in [5, 5.41) is 18.8. The van der Waals surface area contributed by atoms with Crippen molar-refractivity contribution in [1.29, 1.82) is 0 Å². The van der Waals surface area contributed by atoms with Crippen molar-refractivity contribution in [2.45, 2.75) is 70.9 Å². The van der Waals surface area contributed by atoms with Crippen LogP contribution in [0.5, 0.6) is 11.5 Å². The molecule has 5 heterocycles. The number of aromatic nitrogens is 3. The van der Waals surface area contributed by atoms with E-state index < -0.39 is 47.6 Å². The second kappa shape index (κ2) is 14.8. The highest BCUT2D eigenvalue weighted by Gasteiger charge is 2.60. The zero-order valence-corrected chi connectivity index (χ0v) is 33.6. The van der Waals surface area contributed by atoms with Gasteiger partial charge in [0.2, 0.25) is 17.7 Å². The minimum absolute atomic E-state index is 0.00766. The van der Waals surface area contributed by atoms with Gasteiger partial charge in [0.25, 0.3) is 12.2 Å². The van der Waals surface area contributed by atoms with Gasteiger partial charge in [0, 0.05) is 35.4 Å². The van der Waals surface area contributed by atoms with Gasteiger partial charge in [0.05, 0.1) is 11.6 Å². The van der Waals surface area contributed by atoms with Gasteiger partial charge in [-0.25, -0.2) is 4.98 Å². The predicted octanol–water partition coefficient (Wildman–Crippen LogP) is 6.94. The average Bonchev–Trinajstić information content (AvgIpc) is 3.94. The molecule has 8 rings (SSSR count). The summed E-state index contributed by atoms with van der Waals surface area (Å²) >= 11 is 13.6. The topological polar surface area (TPSA) is 208 Å². The van der Waals surface area contributed by atoms with Gasteiger partial charge in [-0.15, -0.1) is 0 Å². The third kappa shape index (κ3) is 6.45. The third-order valence-electron chi connectivity index (χ3n) is 10.7. The van der Waals surface area contributed by atoms with Crippen LogP contribution in [0.15, 0.2) is 75.6 Å². The maximum Gasteiger partial charge on any atom is 0.305 e. The van der Waals surface area contributed by atoms with Crippen LogP contribution in [0.25, 0.3) is 33.8 Å². The lowest BCUT2D eigenvalue weighted by Crippen LogP contribution is -2.54. The van der Waals surface area contributed by atoms with Gasteiger partial charge in [-0.05, 0) is 35.6 Å². The maximum atomic E-state index is 14.3. The van der Waals surface area contributed by atoms with Crippen LogP contribution >= 0.6 is 23.2 Å². The van der Waals surface area contributed by atoms with Gasteiger partial charge in [0.1, 0.15) is 28.7 Å². The lowest BCUT2D eigenvalue weighted by Gasteiger charge is -2.33. The molecule has 2 aliphatic heterocycles. The summed E-state index contributed by atoms with van der Waals surface area (Å²) in [7, 11) is 0. The van der Waals surface area contributed by atoms with Crippen molar-refractivity contribution in [2.24, 2.45) is 17.6 Å². The van der Waals surface area contributed by atoms with E-state index >= 15 is 0 Å². The van der Waals surface area contributed by atoms with Crippen LogP contribution in [0.2, 0.25) is 10.3 Å². The molecule has 0 saturated carbocycles. The van der Waals surface area contributed by atoms with Crippen LogP contribution in [0.1, 0.15) is 69.0 Å². The SMILES string of the molecule is CC(=O)O[C@@H]1Oc2ccccc2[C@@]12c1cc(ccc1O)C[C@H](NC(=O)[C@@H](N)C(C)C)C(=O)N[C@@H](C(C)C)c1nc(-c3nc(Cl)c(-c4c(Cl)[nH]c5ccccc45)o3)c2o1. The monoisotopic (exact) mass is 826 g/mol. The molecule has 1 spiro atoms. The molecule has 0 fully saturated rings. The zero-order valence-electron chi connectivity index (χ0n) is 32.1. The summed E-state index contributed by atoms with van der Waals surface area (Å²) < 4.78 is 25.8. The van der Waals surface area contributed by atoms with E-state index in [0.717, 1.165) is 10.9 Å². The van der Waals surface area contributed by atoms with Gasteiger partial charge >= 0.3 is 5.97 Å². The van der Waals surface area contributed by atoms with Crippen molar-refractivity contribution < 1.29 is 37.8 Å². The number of ether oxygens (including phenoxy) is 2. The fourth-order valence-corrected chi connectivity index (χ4v) is 8.19. The van der Waals surface area contributed by atoms with Crippen LogP contribution in [0.3, 0.4) is 0 Å². The number of aromatic hydroxyl groups is 1. The summed E-state index contributed by atoms with van der Waals surface area (Å²) in [6, 6.07) is 16.2. The Morgan fingerprint density at radius 1 is 1.02 bits per heavy atom. The van der Waals surface area contributed by atoms with E-state index in [1.807, 2.05) is 52.0 Å². The van der Waals surface area contributed by atoms with Crippen molar-refractivity contribution in [2.75, 3.05) is 0 Å². The number of oxazole rings is 2. The number of para-hydroxylation sites is 2. The summed E-state index contributed by atoms with van der Waals surface area (Å²) in [5.74, 6) is -2.13. The van der Waals surface area contributed by atoms with Crippen molar-refractivity contribution in [3.05, 3.63) is 105 Å². The number of halogens is 2. The fraction of sp³-hybridized carbons (Fsp3) is 0.310. The summed E-state index contributed by atoms with van der Waals surface area (Å²) in [6.07, 6.45) is -1.49. The first-order valence-electron chi connectivity index (χ1n) is 18.8. The van der Waals surface area contributed by atoms with Crippen molar-refractivity contribution in [3.8, 4) is 34.4 Å². The van der Waals surface area contributed by atoms with Gasteiger partial charge in [-0.1, -0.05) is 99.4 Å². The first-order chi connectivity index (χ1) is 27.7. The number of phenols is 1. The number of phenolic OH excluding ortho intramolecular Hbond substituents is 1. The average molecular weight is 828 g/mol. The number of nitrogens with one attached hydrogen (secondary N) is 3. The molecule has 6 N–H and O–H groups in total. The van der Waals surface area contributed by atoms with Crippen LogP contribution in [-0.2, 0) is 31.0 Å². The molecular weight excluding hydrogens is 787 g/mol. The molecular formula is C42H40Cl2N6O8. The van der Waals surface area contributed by atoms with E-state index in [2.05, 4.69) is 20.6 Å². The Balaban J connectivity index is 1.43. The van der Waals surface area contributed by atoms with Gasteiger partial charge in [-0.2, -0.15) is 4.98 Å². The lowest BCUT2D eigenvalue weighted by molar-refractivity contribution is -0.164. The number of fused-ring (bicyclic) bond motifs is 9. The molecule has 3 aromatic heterocycles. The van der Waals surface area contributed by atoms with E-state index in [-0.39, 0.29) is 68.9 Å². The summed E-state index contributed by atoms with van der Waals surface area (Å²) in [4.78, 5) is 53.4. The van der Waals surface area contributed by atoms with Gasteiger partial charge < -0.3 is 44.8 Å². The summed E-state index contributed by atoms with van der Waals surface area (Å²) in [6.45, 7) is 8.58. The number of hydrogen-bond acceptors (Lipinski definition) is 11. The smallest absolute Gasteiger partial charge is 0.305 e. The van der Waals surface area contributed by atoms with Crippen molar-refractivity contribution in [3.63, 3.8) is 0 Å². The number of carbonyl (C=O) groups is 3. The first-order valence-corrected chi connectivity index (χ1v) is 19.5. The highest BCUT2D eigenvalue weighted by molar-refractivity contribution is 6.37. The zero-order chi connectivity index (χ0) is 41.2. The van der Waals surface area contributed by atoms with Crippen LogP contribution in [0.4, 0.5) is 0 Å². The molecule has 14 nitrogen and oxygen atoms in total. The number of rotatable bonds is 7. The van der Waals surface area contributed by atoms with Crippen molar-refractivity contribution >= 4 is 51.9 Å². The van der Waals surface area contributed by atoms with Crippen LogP contribution in [-0.4, -0.2) is 56.2 Å². The third-order valence-corrected chi connectivity index (χ3v) is 11.2. The van der Waals surface area contributed by atoms with Crippen molar-refractivity contribution in [1.82, 2.24) is 25.6 Å². The van der Waals surface area contributed by atoms with Crippen LogP contribution < -0.4 is 21.1 Å². The molecule has 0 saturated heterocycles. The molecule has 3 aromatic carbocycles. The molecule has 5 atom stereocenters. The molecule has 2 amide bonds. The van der Waals surface area contributed by atoms with E-state index in [9.17, 15) is 19.5 Å². The number of benzene rings is 3. The molecule has 0 radical (unpaired) electrons. The second-order valence-corrected chi connectivity index (χ2v) is 15.9. The van der Waals surface area contributed by atoms with Crippen LogP contribution in [0, 0.1) is 11.8 Å². The Morgan fingerprint density at radius 3 is 2.50 bits per heavy atom. The first kappa shape index (κ1) is 39.0. The Bertz CT molecular complexity index is 2600. The van der Waals surface area contributed by atoms with Gasteiger partial charge in [0.15, 0.2) is 27.8 Å². The van der Waals surface area contributed by atoms with E-state index in [1.165, 1.54) is 13.0 Å². The minimum Gasteiger partial charge on any atom is -0.508 e. The molecule has 2 aliphatic rings. The number of nitrogens with two attached hydrogens (primary N) is 1. The fourth-order valence-electron chi connectivity index (χ4n) is 7.69. The standard InChI is InChI=1S/C42H40Cl2N6O8/c1-18(2)30(45)38(54)47-26-17-21-14-15-27(52)24(16-21)42(23-11-7-9-13-28(23)56-41(42)55-20(5)51)34-32(49-39(58-34)31(19(3)4)48-37(26)53)40-50-36(44)33(57-40)29-22-10-6-8-12-25(22)46-35(29)43/h6-16,18-19,26,30-31,41,46,52H,17,45H2,1-5H3,(H,47,54)(H,48,53)/t26-,30-,31-,41+,42-/m0/s1. The number of carbonyl (C=O) groups excluding carboxylic acids is 3. The number of H-pyrrole nitrogens is 1. The number of esters is 1. The predicted molar refractivity (Wildman–Crippen MR) is 214 cm³/mol. The van der Waals surface area contributed by atoms with E-state index in [4.69, 9.17) is 52.2 Å². The quantitative estimate of drug-likeness (QED) is 0.104. The molecule has 300 valence electrons. The highest BCUT2D eigenvalue weighted by Crippen LogP contribution is 2.57. The molecule has 0 unspecified atom stereocenters. The minimum atomic E-state index is -1.79. The van der Waals surface area contributed by atoms with E-state index in [0.29, 0.717) is 22.4 Å². The number of aromatic amines is 1. The largest absolute Gasteiger partial charge is 0.508 e. The summed E-state index contributed by atoms with van der Waals surface area (Å²) in [5.41, 5.74) is 6.79. The molecule has 16 heteroatoms. The Hall–Kier alpha value is -5.83. The molecule has 4 bridgehead atoms. The molecule has 0 aliphatic carbocycles. The normalized spacial score (nSPS) is 20.7. The maximum absolute atomic E-state index is 14.3. The van der Waals surface area contributed by atoms with Gasteiger partial charge in [-0.3, -0.25) is 14.4 Å². The molecule has 6 aromatic rings. The Labute approximate surface area is 342 Å². The lowest BCUT2D eigenvalue weighted by atomic mass is 9.71. The second-order valence-electron chi connectivity index (χ2n) is 15.2. The Kier molecular flexibility index (Phi) is 9.98. The highest BCUT2D eigenvalue weighted by atomic mass is 35.5.